The monoisotopic (exact) mass is 320 g/mol. The second-order valence-corrected chi connectivity index (χ2v) is 5.16. The Bertz CT molecular complexity index is 625. The number of nitrogens with zero attached hydrogens (tertiary/aromatic N) is 2. The summed E-state index contributed by atoms with van der Waals surface area (Å²) in [5.41, 5.74) is 2.36. The van der Waals surface area contributed by atoms with Crippen LogP contribution in [0.15, 0.2) is 24.5 Å². The van der Waals surface area contributed by atoms with Gasteiger partial charge < -0.3 is 23.9 Å². The van der Waals surface area contributed by atoms with Crippen molar-refractivity contribution in [2.45, 2.75) is 32.9 Å². The average molecular weight is 320 g/mol. The minimum absolute atomic E-state index is 0.121. The zero-order valence-electron chi connectivity index (χ0n) is 13.9. The van der Waals surface area contributed by atoms with E-state index < -0.39 is 0 Å². The number of rotatable bonds is 9. The molecule has 2 aromatic rings. The molecule has 6 nitrogen and oxygen atoms in total. The van der Waals surface area contributed by atoms with E-state index in [9.17, 15) is 5.11 Å². The average Bonchev–Trinajstić information content (AvgIpc) is 3.00. The zero-order valence-corrected chi connectivity index (χ0v) is 13.9. The van der Waals surface area contributed by atoms with E-state index in [-0.39, 0.29) is 13.4 Å². The van der Waals surface area contributed by atoms with Crippen molar-refractivity contribution in [3.8, 4) is 22.8 Å². The summed E-state index contributed by atoms with van der Waals surface area (Å²) in [5.74, 6) is 1.34. The fraction of sp³-hybridized carbons (Fsp3) is 0.471. The Hall–Kier alpha value is -2.05. The van der Waals surface area contributed by atoms with Gasteiger partial charge in [-0.25, -0.2) is 4.98 Å². The fourth-order valence-electron chi connectivity index (χ4n) is 2.41. The Morgan fingerprint density at radius 2 is 2.09 bits per heavy atom. The predicted molar refractivity (Wildman–Crippen MR) is 87.5 cm³/mol. The van der Waals surface area contributed by atoms with Crippen LogP contribution in [0.5, 0.6) is 11.5 Å². The number of imidazole rings is 1. The SMILES string of the molecule is CCCCn1cnc(CO)c1-c1ccc(OC)cc1OCOC. The van der Waals surface area contributed by atoms with Crippen LogP contribution in [0.2, 0.25) is 0 Å². The minimum Gasteiger partial charge on any atom is -0.497 e. The van der Waals surface area contributed by atoms with Crippen LogP contribution in [-0.4, -0.2) is 35.7 Å². The lowest BCUT2D eigenvalue weighted by atomic mass is 10.1. The number of aliphatic hydroxyl groups is 1. The van der Waals surface area contributed by atoms with E-state index in [0.29, 0.717) is 17.2 Å². The molecule has 0 bridgehead atoms. The number of methoxy groups -OCH3 is 2. The van der Waals surface area contributed by atoms with Gasteiger partial charge in [-0.3, -0.25) is 0 Å². The van der Waals surface area contributed by atoms with Crippen molar-refractivity contribution in [1.29, 1.82) is 0 Å². The highest BCUT2D eigenvalue weighted by Gasteiger charge is 2.17. The number of unbranched alkanes of at least 4 members (excludes halogenated alkanes) is 1. The lowest BCUT2D eigenvalue weighted by molar-refractivity contribution is 0.0513. The molecular weight excluding hydrogens is 296 g/mol. The molecule has 2 rings (SSSR count). The van der Waals surface area contributed by atoms with Gasteiger partial charge in [0.05, 0.1) is 31.4 Å². The number of hydrogen-bond donors (Lipinski definition) is 1. The summed E-state index contributed by atoms with van der Waals surface area (Å²) in [6, 6.07) is 5.60. The lowest BCUT2D eigenvalue weighted by Crippen LogP contribution is -2.05. The first-order valence-electron chi connectivity index (χ1n) is 7.70. The highest BCUT2D eigenvalue weighted by molar-refractivity contribution is 5.71. The topological polar surface area (TPSA) is 65.7 Å². The van der Waals surface area contributed by atoms with Crippen molar-refractivity contribution in [1.82, 2.24) is 9.55 Å². The Morgan fingerprint density at radius 3 is 2.74 bits per heavy atom. The molecule has 0 saturated heterocycles. The largest absolute Gasteiger partial charge is 0.497 e. The molecule has 1 aromatic carbocycles. The standard InChI is InChI=1S/C17H24N2O4/c1-4-5-8-19-11-18-15(10-20)17(19)14-7-6-13(22-3)9-16(14)23-12-21-2/h6-7,9,11,20H,4-5,8,10,12H2,1-3H3. The van der Waals surface area contributed by atoms with Crippen LogP contribution >= 0.6 is 0 Å². The molecule has 0 spiro atoms. The molecule has 0 atom stereocenters. The number of hydrogen-bond acceptors (Lipinski definition) is 5. The zero-order chi connectivity index (χ0) is 16.7. The summed E-state index contributed by atoms with van der Waals surface area (Å²) >= 11 is 0. The molecule has 0 aliphatic heterocycles. The smallest absolute Gasteiger partial charge is 0.188 e. The number of aryl methyl sites for hydroxylation is 1. The van der Waals surface area contributed by atoms with E-state index in [0.717, 1.165) is 30.6 Å². The van der Waals surface area contributed by atoms with Crippen molar-refractivity contribution in [2.24, 2.45) is 0 Å². The second kappa shape index (κ2) is 8.55. The van der Waals surface area contributed by atoms with Crippen LogP contribution in [0.4, 0.5) is 0 Å². The lowest BCUT2D eigenvalue weighted by Gasteiger charge is -2.15. The molecule has 0 aliphatic carbocycles. The van der Waals surface area contributed by atoms with E-state index >= 15 is 0 Å². The molecule has 1 N–H and O–H groups in total. The summed E-state index contributed by atoms with van der Waals surface area (Å²) in [6.45, 7) is 3.00. The van der Waals surface area contributed by atoms with Crippen LogP contribution in [0, 0.1) is 0 Å². The fourth-order valence-corrected chi connectivity index (χ4v) is 2.41. The Kier molecular flexibility index (Phi) is 6.43. The van der Waals surface area contributed by atoms with Gasteiger partial charge in [-0.2, -0.15) is 0 Å². The normalized spacial score (nSPS) is 10.8. The molecule has 0 fully saturated rings. The van der Waals surface area contributed by atoms with Crippen molar-refractivity contribution >= 4 is 0 Å². The Balaban J connectivity index is 2.48. The summed E-state index contributed by atoms with van der Waals surface area (Å²) in [4.78, 5) is 4.32. The van der Waals surface area contributed by atoms with Gasteiger partial charge in [-0.15, -0.1) is 0 Å². The van der Waals surface area contributed by atoms with Crippen LogP contribution in [0.1, 0.15) is 25.5 Å². The first-order valence-corrected chi connectivity index (χ1v) is 7.70. The summed E-state index contributed by atoms with van der Waals surface area (Å²) in [5, 5.41) is 9.62. The molecule has 126 valence electrons. The summed E-state index contributed by atoms with van der Waals surface area (Å²) in [6.07, 6.45) is 3.89. The van der Waals surface area contributed by atoms with Crippen molar-refractivity contribution in [2.75, 3.05) is 21.0 Å². The van der Waals surface area contributed by atoms with E-state index in [1.54, 1.807) is 20.5 Å². The highest BCUT2D eigenvalue weighted by atomic mass is 16.7. The molecule has 0 unspecified atom stereocenters. The van der Waals surface area contributed by atoms with Gasteiger partial charge >= 0.3 is 0 Å². The second-order valence-electron chi connectivity index (χ2n) is 5.16. The van der Waals surface area contributed by atoms with Gasteiger partial charge in [0.1, 0.15) is 11.5 Å². The molecule has 0 radical (unpaired) electrons. The van der Waals surface area contributed by atoms with Gasteiger partial charge in [0.2, 0.25) is 0 Å². The van der Waals surface area contributed by atoms with E-state index in [1.807, 2.05) is 18.2 Å². The van der Waals surface area contributed by atoms with E-state index in [2.05, 4.69) is 16.5 Å². The Labute approximate surface area is 136 Å². The van der Waals surface area contributed by atoms with Gasteiger partial charge in [0.15, 0.2) is 6.79 Å². The predicted octanol–water partition coefficient (Wildman–Crippen LogP) is 2.83. The minimum atomic E-state index is -0.121. The van der Waals surface area contributed by atoms with Crippen LogP contribution < -0.4 is 9.47 Å². The summed E-state index contributed by atoms with van der Waals surface area (Å²) in [7, 11) is 3.18. The Morgan fingerprint density at radius 1 is 1.26 bits per heavy atom. The number of benzene rings is 1. The van der Waals surface area contributed by atoms with Crippen LogP contribution in [0.25, 0.3) is 11.3 Å². The number of aliphatic hydroxyl groups excluding tert-OH is 1. The van der Waals surface area contributed by atoms with Crippen molar-refractivity contribution in [3.05, 3.63) is 30.2 Å². The molecule has 6 heteroatoms. The quantitative estimate of drug-likeness (QED) is 0.720. The third kappa shape index (κ3) is 4.03. The molecule has 0 saturated carbocycles. The van der Waals surface area contributed by atoms with E-state index in [4.69, 9.17) is 14.2 Å². The number of ether oxygens (including phenoxy) is 3. The number of aromatic nitrogens is 2. The molecule has 0 amide bonds. The van der Waals surface area contributed by atoms with Gasteiger partial charge in [-0.1, -0.05) is 13.3 Å². The van der Waals surface area contributed by atoms with E-state index in [1.165, 1.54) is 0 Å². The first kappa shape index (κ1) is 17.3. The van der Waals surface area contributed by atoms with Crippen LogP contribution in [-0.2, 0) is 17.9 Å². The van der Waals surface area contributed by atoms with Crippen molar-refractivity contribution < 1.29 is 19.3 Å². The molecule has 23 heavy (non-hydrogen) atoms. The first-order chi connectivity index (χ1) is 11.2. The molecule has 1 aromatic heterocycles. The van der Waals surface area contributed by atoms with Gasteiger partial charge in [-0.05, 0) is 18.6 Å². The third-order valence-electron chi connectivity index (χ3n) is 3.59. The van der Waals surface area contributed by atoms with Gasteiger partial charge in [0, 0.05) is 25.3 Å². The maximum atomic E-state index is 9.62. The van der Waals surface area contributed by atoms with Gasteiger partial charge in [0.25, 0.3) is 0 Å². The van der Waals surface area contributed by atoms with Crippen LogP contribution in [0.3, 0.4) is 0 Å². The maximum Gasteiger partial charge on any atom is 0.188 e. The highest BCUT2D eigenvalue weighted by Crippen LogP contribution is 2.35. The molecule has 0 aliphatic rings. The van der Waals surface area contributed by atoms with Crippen molar-refractivity contribution in [3.63, 3.8) is 0 Å². The summed E-state index contributed by atoms with van der Waals surface area (Å²) < 4.78 is 18.0. The molecular formula is C17H24N2O4. The third-order valence-corrected chi connectivity index (χ3v) is 3.59. The maximum absolute atomic E-state index is 9.62. The molecule has 1 heterocycles.